The van der Waals surface area contributed by atoms with Crippen molar-refractivity contribution in [2.75, 3.05) is 0 Å². The lowest BCUT2D eigenvalue weighted by Crippen LogP contribution is -2.33. The first-order valence-corrected chi connectivity index (χ1v) is 9.57. The van der Waals surface area contributed by atoms with Crippen molar-refractivity contribution in [3.63, 3.8) is 0 Å². The first kappa shape index (κ1) is 18.3. The minimum atomic E-state index is -0.352. The molecular weight excluding hydrogens is 390 g/mol. The minimum absolute atomic E-state index is 0.0644. The predicted octanol–water partition coefficient (Wildman–Crippen LogP) is 4.80. The molecular formula is C21H20BrN3O. The molecule has 1 N–H and O–H groups in total. The molecule has 1 aromatic carbocycles. The first-order valence-electron chi connectivity index (χ1n) is 8.77. The number of benzene rings is 1. The fourth-order valence-electron chi connectivity index (χ4n) is 3.44. The molecule has 1 aliphatic rings. The summed E-state index contributed by atoms with van der Waals surface area (Å²) >= 11 is 3.30. The van der Waals surface area contributed by atoms with Gasteiger partial charge in [-0.05, 0) is 58.5 Å². The lowest BCUT2D eigenvalue weighted by Gasteiger charge is -2.25. The number of nitrogens with zero attached hydrogens (tertiary/aromatic N) is 2. The van der Waals surface area contributed by atoms with Crippen molar-refractivity contribution in [2.24, 2.45) is 5.92 Å². The highest BCUT2D eigenvalue weighted by molar-refractivity contribution is 9.10. The van der Waals surface area contributed by atoms with Gasteiger partial charge in [-0.25, -0.2) is 4.98 Å². The lowest BCUT2D eigenvalue weighted by molar-refractivity contribution is -0.118. The summed E-state index contributed by atoms with van der Waals surface area (Å²) < 4.78 is 0.664. The fraction of sp³-hybridized carbons (Fsp3) is 0.286. The number of aromatic nitrogens is 1. The Hall–Kier alpha value is -2.45. The molecule has 132 valence electrons. The summed E-state index contributed by atoms with van der Waals surface area (Å²) in [5.74, 6) is 0.0558. The van der Waals surface area contributed by atoms with Crippen molar-refractivity contribution < 1.29 is 4.79 Å². The maximum atomic E-state index is 12.8. The van der Waals surface area contributed by atoms with Crippen LogP contribution in [0, 0.1) is 17.2 Å². The van der Waals surface area contributed by atoms with Crippen molar-refractivity contribution in [1.82, 2.24) is 10.3 Å². The van der Waals surface area contributed by atoms with Crippen molar-refractivity contribution in [1.29, 1.82) is 5.26 Å². The van der Waals surface area contributed by atoms with Crippen LogP contribution < -0.4 is 5.32 Å². The zero-order chi connectivity index (χ0) is 18.4. The van der Waals surface area contributed by atoms with E-state index >= 15 is 0 Å². The quantitative estimate of drug-likeness (QED) is 0.438. The van der Waals surface area contributed by atoms with Crippen molar-refractivity contribution in [3.8, 4) is 6.07 Å². The van der Waals surface area contributed by atoms with E-state index in [1.807, 2.05) is 42.5 Å². The van der Waals surface area contributed by atoms with E-state index in [0.717, 1.165) is 18.4 Å². The van der Waals surface area contributed by atoms with E-state index in [0.29, 0.717) is 16.2 Å². The third kappa shape index (κ3) is 4.59. The average Bonchev–Trinajstić information content (AvgIpc) is 3.19. The summed E-state index contributed by atoms with van der Waals surface area (Å²) in [4.78, 5) is 17.0. The van der Waals surface area contributed by atoms with E-state index in [1.165, 1.54) is 18.9 Å². The molecule has 0 radical (unpaired) electrons. The van der Waals surface area contributed by atoms with Gasteiger partial charge in [0.05, 0.1) is 11.7 Å². The van der Waals surface area contributed by atoms with Gasteiger partial charge < -0.3 is 5.32 Å². The standard InChI is InChI=1S/C21H20BrN3O/c22-19-12-6-11-18(24-19)13-17(14-23)21(26)25-20(16-9-4-5-10-16)15-7-2-1-3-8-15/h1-3,6-8,11-13,16,20H,4-5,9-10H2,(H,25,26)/b17-13+/t20-/m1/s1. The van der Waals surface area contributed by atoms with Gasteiger partial charge in [-0.1, -0.05) is 49.2 Å². The Kier molecular flexibility index (Phi) is 6.19. The molecule has 0 bridgehead atoms. The molecule has 0 aliphatic heterocycles. The summed E-state index contributed by atoms with van der Waals surface area (Å²) in [6.45, 7) is 0. The van der Waals surface area contributed by atoms with Crippen LogP contribution in [0.2, 0.25) is 0 Å². The number of nitrogens with one attached hydrogen (secondary N) is 1. The van der Waals surface area contributed by atoms with Crippen LogP contribution in [0.1, 0.15) is 43.0 Å². The Balaban J connectivity index is 1.83. The number of carbonyl (C=O) groups excluding carboxylic acids is 1. The van der Waals surface area contributed by atoms with Gasteiger partial charge in [-0.15, -0.1) is 0 Å². The van der Waals surface area contributed by atoms with Gasteiger partial charge in [-0.2, -0.15) is 5.26 Å². The van der Waals surface area contributed by atoms with E-state index in [-0.39, 0.29) is 17.5 Å². The predicted molar refractivity (Wildman–Crippen MR) is 105 cm³/mol. The number of amides is 1. The average molecular weight is 410 g/mol. The van der Waals surface area contributed by atoms with Crippen LogP contribution in [0.4, 0.5) is 0 Å². The van der Waals surface area contributed by atoms with Crippen LogP contribution in [0.25, 0.3) is 6.08 Å². The van der Waals surface area contributed by atoms with Gasteiger partial charge in [-0.3, -0.25) is 4.79 Å². The number of carbonyl (C=O) groups is 1. The lowest BCUT2D eigenvalue weighted by atomic mass is 9.91. The largest absolute Gasteiger partial charge is 0.344 e. The van der Waals surface area contributed by atoms with Gasteiger partial charge in [0, 0.05) is 0 Å². The van der Waals surface area contributed by atoms with Crippen LogP contribution in [0.5, 0.6) is 0 Å². The van der Waals surface area contributed by atoms with Crippen molar-refractivity contribution >= 4 is 27.9 Å². The molecule has 0 saturated heterocycles. The second kappa shape index (κ2) is 8.77. The molecule has 5 heteroatoms. The number of nitriles is 1. The topological polar surface area (TPSA) is 65.8 Å². The van der Waals surface area contributed by atoms with Gasteiger partial charge in [0.25, 0.3) is 5.91 Å². The summed E-state index contributed by atoms with van der Waals surface area (Å²) in [7, 11) is 0. The second-order valence-electron chi connectivity index (χ2n) is 6.46. The zero-order valence-electron chi connectivity index (χ0n) is 14.4. The molecule has 1 saturated carbocycles. The Labute approximate surface area is 162 Å². The van der Waals surface area contributed by atoms with Gasteiger partial charge >= 0.3 is 0 Å². The Morgan fingerprint density at radius 3 is 2.58 bits per heavy atom. The van der Waals surface area contributed by atoms with Crippen molar-refractivity contribution in [2.45, 2.75) is 31.7 Å². The molecule has 1 heterocycles. The van der Waals surface area contributed by atoms with Gasteiger partial charge in [0.15, 0.2) is 0 Å². The summed E-state index contributed by atoms with van der Waals surface area (Å²) in [6.07, 6.45) is 6.09. The van der Waals surface area contributed by atoms with Crippen LogP contribution in [-0.2, 0) is 4.79 Å². The third-order valence-corrected chi connectivity index (χ3v) is 5.15. The molecule has 0 unspecified atom stereocenters. The summed E-state index contributed by atoms with van der Waals surface area (Å²) in [5.41, 5.74) is 1.73. The fourth-order valence-corrected chi connectivity index (χ4v) is 3.80. The highest BCUT2D eigenvalue weighted by Gasteiger charge is 2.28. The highest BCUT2D eigenvalue weighted by Crippen LogP contribution is 2.35. The first-order chi connectivity index (χ1) is 12.7. The Bertz CT molecular complexity index is 836. The molecule has 3 rings (SSSR count). The number of rotatable bonds is 5. The van der Waals surface area contributed by atoms with Crippen LogP contribution in [-0.4, -0.2) is 10.9 Å². The highest BCUT2D eigenvalue weighted by atomic mass is 79.9. The molecule has 1 atom stereocenters. The molecule has 0 spiro atoms. The maximum Gasteiger partial charge on any atom is 0.262 e. The third-order valence-electron chi connectivity index (χ3n) is 4.71. The zero-order valence-corrected chi connectivity index (χ0v) is 15.9. The van der Waals surface area contributed by atoms with E-state index in [4.69, 9.17) is 0 Å². The monoisotopic (exact) mass is 409 g/mol. The SMILES string of the molecule is N#C/C(=C\c1cccc(Br)n1)C(=O)N[C@H](c1ccccc1)C1CCCC1. The van der Waals surface area contributed by atoms with E-state index in [1.54, 1.807) is 12.1 Å². The van der Waals surface area contributed by atoms with E-state index in [9.17, 15) is 10.1 Å². The smallest absolute Gasteiger partial charge is 0.262 e. The van der Waals surface area contributed by atoms with Crippen LogP contribution in [0.3, 0.4) is 0 Å². The van der Waals surface area contributed by atoms with Gasteiger partial charge in [0.2, 0.25) is 0 Å². The maximum absolute atomic E-state index is 12.8. The Morgan fingerprint density at radius 2 is 1.92 bits per heavy atom. The second-order valence-corrected chi connectivity index (χ2v) is 7.27. The summed E-state index contributed by atoms with van der Waals surface area (Å²) in [6, 6.07) is 17.3. The molecule has 1 aliphatic carbocycles. The molecule has 1 amide bonds. The van der Waals surface area contributed by atoms with Crippen LogP contribution in [0.15, 0.2) is 58.7 Å². The molecule has 2 aromatic rings. The molecule has 1 fully saturated rings. The number of pyridine rings is 1. The molecule has 26 heavy (non-hydrogen) atoms. The normalized spacial score (nSPS) is 16.1. The number of hydrogen-bond donors (Lipinski definition) is 1. The summed E-state index contributed by atoms with van der Waals surface area (Å²) in [5, 5.41) is 12.5. The Morgan fingerprint density at radius 1 is 1.19 bits per heavy atom. The molecule has 1 aromatic heterocycles. The van der Waals surface area contributed by atoms with E-state index in [2.05, 4.69) is 26.2 Å². The van der Waals surface area contributed by atoms with Crippen molar-refractivity contribution in [3.05, 3.63) is 70.0 Å². The van der Waals surface area contributed by atoms with Crippen LogP contribution >= 0.6 is 15.9 Å². The molecule has 4 nitrogen and oxygen atoms in total. The number of hydrogen-bond acceptors (Lipinski definition) is 3. The minimum Gasteiger partial charge on any atom is -0.344 e. The van der Waals surface area contributed by atoms with Gasteiger partial charge in [0.1, 0.15) is 16.2 Å². The van der Waals surface area contributed by atoms with E-state index < -0.39 is 0 Å². The number of halogens is 1.